The van der Waals surface area contributed by atoms with Gasteiger partial charge in [0.1, 0.15) is 12.4 Å². The van der Waals surface area contributed by atoms with Gasteiger partial charge in [-0.2, -0.15) is 0 Å². The number of guanidine groups is 1. The zero-order chi connectivity index (χ0) is 21.3. The Balaban J connectivity index is 1.58. The van der Waals surface area contributed by atoms with Gasteiger partial charge < -0.3 is 19.5 Å². The molecular formula is C21H40N8O. The standard InChI is InChI=1S/C21H40N8O/c1-5-28(6-2)19-8-11-29(17-19)21(23-16-20-25-24-18(3)26(20)4)22-9-7-10-27-12-14-30-15-13-27/h19H,5-17H2,1-4H3,(H,22,23). The molecule has 2 aliphatic rings. The summed E-state index contributed by atoms with van der Waals surface area (Å²) in [6.07, 6.45) is 2.30. The molecule has 0 spiro atoms. The number of likely N-dealkylation sites (tertiary alicyclic amines) is 1. The molecule has 2 aliphatic heterocycles. The van der Waals surface area contributed by atoms with Crippen LogP contribution in [0.3, 0.4) is 0 Å². The first-order valence-corrected chi connectivity index (χ1v) is 11.5. The Hall–Kier alpha value is -1.71. The van der Waals surface area contributed by atoms with Gasteiger partial charge in [0.15, 0.2) is 11.8 Å². The Morgan fingerprint density at radius 3 is 2.63 bits per heavy atom. The van der Waals surface area contributed by atoms with Gasteiger partial charge in [0.25, 0.3) is 0 Å². The van der Waals surface area contributed by atoms with Crippen LogP contribution in [-0.4, -0.2) is 107 Å². The van der Waals surface area contributed by atoms with E-state index in [4.69, 9.17) is 9.73 Å². The maximum atomic E-state index is 5.44. The summed E-state index contributed by atoms with van der Waals surface area (Å²) < 4.78 is 7.46. The van der Waals surface area contributed by atoms with Crippen LogP contribution in [0.4, 0.5) is 0 Å². The number of hydrogen-bond donors (Lipinski definition) is 1. The normalized spacial score (nSPS) is 21.0. The minimum atomic E-state index is 0.551. The van der Waals surface area contributed by atoms with Gasteiger partial charge in [-0.1, -0.05) is 13.8 Å². The molecule has 3 rings (SSSR count). The molecule has 1 unspecified atom stereocenters. The second-order valence-electron chi connectivity index (χ2n) is 8.21. The molecule has 1 atom stereocenters. The molecule has 0 amide bonds. The number of aromatic nitrogens is 3. The third-order valence-electron chi connectivity index (χ3n) is 6.38. The predicted molar refractivity (Wildman–Crippen MR) is 120 cm³/mol. The minimum absolute atomic E-state index is 0.551. The number of aliphatic imine (C=N–C) groups is 1. The number of morpholine rings is 1. The molecule has 3 heterocycles. The Bertz CT molecular complexity index is 666. The lowest BCUT2D eigenvalue weighted by molar-refractivity contribution is 0.0375. The summed E-state index contributed by atoms with van der Waals surface area (Å²) in [4.78, 5) is 12.4. The van der Waals surface area contributed by atoms with Crippen molar-refractivity contribution >= 4 is 5.96 Å². The Kier molecular flexibility index (Phi) is 8.89. The highest BCUT2D eigenvalue weighted by Gasteiger charge is 2.28. The fourth-order valence-electron chi connectivity index (χ4n) is 4.30. The van der Waals surface area contributed by atoms with Gasteiger partial charge in [-0.05, 0) is 39.4 Å². The molecule has 9 nitrogen and oxygen atoms in total. The van der Waals surface area contributed by atoms with Crippen molar-refractivity contribution in [3.8, 4) is 0 Å². The molecular weight excluding hydrogens is 380 g/mol. The third-order valence-corrected chi connectivity index (χ3v) is 6.38. The van der Waals surface area contributed by atoms with Crippen molar-refractivity contribution < 1.29 is 4.74 Å². The van der Waals surface area contributed by atoms with E-state index in [0.717, 1.165) is 89.6 Å². The molecule has 1 N–H and O–H groups in total. The lowest BCUT2D eigenvalue weighted by Crippen LogP contribution is -2.44. The van der Waals surface area contributed by atoms with Gasteiger partial charge in [0.2, 0.25) is 0 Å². The van der Waals surface area contributed by atoms with E-state index >= 15 is 0 Å². The molecule has 2 saturated heterocycles. The average Bonchev–Trinajstić information content (AvgIpc) is 3.37. The number of rotatable bonds is 9. The second-order valence-corrected chi connectivity index (χ2v) is 8.21. The van der Waals surface area contributed by atoms with Crippen LogP contribution in [0.25, 0.3) is 0 Å². The van der Waals surface area contributed by atoms with Crippen LogP contribution in [0.1, 0.15) is 38.3 Å². The van der Waals surface area contributed by atoms with Crippen molar-refractivity contribution in [1.82, 2.24) is 34.8 Å². The number of nitrogens with zero attached hydrogens (tertiary/aromatic N) is 7. The second kappa shape index (κ2) is 11.6. The molecule has 1 aromatic rings. The van der Waals surface area contributed by atoms with Gasteiger partial charge in [0, 0.05) is 45.8 Å². The van der Waals surface area contributed by atoms with Crippen molar-refractivity contribution in [3.63, 3.8) is 0 Å². The van der Waals surface area contributed by atoms with Crippen LogP contribution in [0.5, 0.6) is 0 Å². The summed E-state index contributed by atoms with van der Waals surface area (Å²) in [7, 11) is 2.00. The number of nitrogens with one attached hydrogen (secondary N) is 1. The summed E-state index contributed by atoms with van der Waals surface area (Å²) in [6.45, 7) is 17.2. The van der Waals surface area contributed by atoms with Crippen LogP contribution in [0.2, 0.25) is 0 Å². The molecule has 2 fully saturated rings. The molecule has 30 heavy (non-hydrogen) atoms. The zero-order valence-electron chi connectivity index (χ0n) is 19.3. The number of aryl methyl sites for hydroxylation is 1. The van der Waals surface area contributed by atoms with Gasteiger partial charge in [0.05, 0.1) is 13.2 Å². The van der Waals surface area contributed by atoms with Crippen molar-refractivity contribution in [2.24, 2.45) is 12.0 Å². The number of hydrogen-bond acceptors (Lipinski definition) is 6. The van der Waals surface area contributed by atoms with Crippen molar-refractivity contribution in [3.05, 3.63) is 11.6 Å². The van der Waals surface area contributed by atoms with E-state index in [1.54, 1.807) is 0 Å². The fraction of sp³-hybridized carbons (Fsp3) is 0.857. The Labute approximate surface area is 181 Å². The van der Waals surface area contributed by atoms with Crippen molar-refractivity contribution in [2.45, 2.75) is 46.2 Å². The topological polar surface area (TPSA) is 74.1 Å². The van der Waals surface area contributed by atoms with Crippen molar-refractivity contribution in [1.29, 1.82) is 0 Å². The van der Waals surface area contributed by atoms with Gasteiger partial charge in [-0.3, -0.25) is 9.80 Å². The first-order chi connectivity index (χ1) is 14.6. The van der Waals surface area contributed by atoms with Crippen LogP contribution in [0, 0.1) is 6.92 Å². The lowest BCUT2D eigenvalue weighted by atomic mass is 10.2. The monoisotopic (exact) mass is 420 g/mol. The highest BCUT2D eigenvalue weighted by molar-refractivity contribution is 5.80. The van der Waals surface area contributed by atoms with Crippen LogP contribution in [0.15, 0.2) is 4.99 Å². The Morgan fingerprint density at radius 2 is 1.97 bits per heavy atom. The Morgan fingerprint density at radius 1 is 1.20 bits per heavy atom. The van der Waals surface area contributed by atoms with Crippen LogP contribution < -0.4 is 5.32 Å². The third kappa shape index (κ3) is 6.15. The number of ether oxygens (including phenoxy) is 1. The van der Waals surface area contributed by atoms with E-state index in [1.165, 1.54) is 6.42 Å². The van der Waals surface area contributed by atoms with Crippen LogP contribution in [-0.2, 0) is 18.3 Å². The summed E-state index contributed by atoms with van der Waals surface area (Å²) in [5.74, 6) is 2.83. The molecule has 0 radical (unpaired) electrons. The summed E-state index contributed by atoms with van der Waals surface area (Å²) in [5.41, 5.74) is 0. The smallest absolute Gasteiger partial charge is 0.194 e. The van der Waals surface area contributed by atoms with E-state index < -0.39 is 0 Å². The maximum Gasteiger partial charge on any atom is 0.194 e. The van der Waals surface area contributed by atoms with E-state index in [0.29, 0.717) is 12.6 Å². The van der Waals surface area contributed by atoms with E-state index in [9.17, 15) is 0 Å². The summed E-state index contributed by atoms with van der Waals surface area (Å²) >= 11 is 0. The van der Waals surface area contributed by atoms with E-state index in [1.807, 2.05) is 18.5 Å². The lowest BCUT2D eigenvalue weighted by Gasteiger charge is -2.28. The molecule has 0 aromatic carbocycles. The highest BCUT2D eigenvalue weighted by atomic mass is 16.5. The number of likely N-dealkylation sites (N-methyl/N-ethyl adjacent to an activating group) is 1. The molecule has 0 aliphatic carbocycles. The average molecular weight is 421 g/mol. The predicted octanol–water partition coefficient (Wildman–Crippen LogP) is 0.708. The quantitative estimate of drug-likeness (QED) is 0.358. The molecule has 9 heteroatoms. The van der Waals surface area contributed by atoms with Gasteiger partial charge >= 0.3 is 0 Å². The minimum Gasteiger partial charge on any atom is -0.379 e. The molecule has 0 saturated carbocycles. The maximum absolute atomic E-state index is 5.44. The van der Waals surface area contributed by atoms with Crippen LogP contribution >= 0.6 is 0 Å². The van der Waals surface area contributed by atoms with Gasteiger partial charge in [-0.25, -0.2) is 4.99 Å². The molecule has 170 valence electrons. The summed E-state index contributed by atoms with van der Waals surface area (Å²) in [6, 6.07) is 0.609. The first kappa shape index (κ1) is 23.0. The van der Waals surface area contributed by atoms with E-state index in [-0.39, 0.29) is 0 Å². The van der Waals surface area contributed by atoms with Gasteiger partial charge in [-0.15, -0.1) is 10.2 Å². The zero-order valence-corrected chi connectivity index (χ0v) is 19.3. The molecule has 0 bridgehead atoms. The molecule has 1 aromatic heterocycles. The fourth-order valence-corrected chi connectivity index (χ4v) is 4.30. The highest BCUT2D eigenvalue weighted by Crippen LogP contribution is 2.16. The van der Waals surface area contributed by atoms with E-state index in [2.05, 4.69) is 44.1 Å². The first-order valence-electron chi connectivity index (χ1n) is 11.5. The summed E-state index contributed by atoms with van der Waals surface area (Å²) in [5, 5.41) is 12.1. The SMILES string of the molecule is CCN(CC)C1CCN(C(=NCc2nnc(C)n2C)NCCCN2CCOCC2)C1. The largest absolute Gasteiger partial charge is 0.379 e. The van der Waals surface area contributed by atoms with Crippen molar-refractivity contribution in [2.75, 3.05) is 65.6 Å².